The number of rotatable bonds is 4. The van der Waals surface area contributed by atoms with Gasteiger partial charge in [0.15, 0.2) is 0 Å². The van der Waals surface area contributed by atoms with Crippen LogP contribution >= 0.6 is 11.6 Å². The van der Waals surface area contributed by atoms with Crippen LogP contribution in [0.2, 0.25) is 5.02 Å². The smallest absolute Gasteiger partial charge is 0.272 e. The van der Waals surface area contributed by atoms with Gasteiger partial charge in [-0.1, -0.05) is 29.8 Å². The number of anilines is 3. The van der Waals surface area contributed by atoms with E-state index in [9.17, 15) is 4.79 Å². The first-order valence-corrected chi connectivity index (χ1v) is 11.8. The minimum Gasteiger partial charge on any atom is -0.464 e. The van der Waals surface area contributed by atoms with Crippen LogP contribution in [0.15, 0.2) is 65.3 Å². The second-order valence-electron chi connectivity index (χ2n) is 8.91. The van der Waals surface area contributed by atoms with E-state index < -0.39 is 0 Å². The topological polar surface area (TPSA) is 61.6 Å². The second-order valence-corrected chi connectivity index (χ2v) is 9.32. The number of benzene rings is 2. The lowest BCUT2D eigenvalue weighted by Crippen LogP contribution is -2.54. The number of aromatic nitrogens is 1. The normalized spacial score (nSPS) is 16.2. The van der Waals surface area contributed by atoms with Gasteiger partial charge < -0.3 is 19.5 Å². The van der Waals surface area contributed by atoms with E-state index in [0.29, 0.717) is 35.2 Å². The molecule has 2 aromatic carbocycles. The van der Waals surface area contributed by atoms with Gasteiger partial charge in [-0.05, 0) is 62.2 Å². The molecule has 1 fully saturated rings. The first-order chi connectivity index (χ1) is 16.4. The van der Waals surface area contributed by atoms with Gasteiger partial charge in [0.1, 0.15) is 17.1 Å². The molecule has 3 heterocycles. The van der Waals surface area contributed by atoms with Crippen molar-refractivity contribution in [2.24, 2.45) is 0 Å². The van der Waals surface area contributed by atoms with Crippen molar-refractivity contribution in [1.82, 2.24) is 9.88 Å². The molecule has 0 unspecified atom stereocenters. The van der Waals surface area contributed by atoms with Crippen LogP contribution < -0.4 is 10.2 Å². The Morgan fingerprint density at radius 2 is 1.97 bits per heavy atom. The molecule has 0 spiro atoms. The number of aryl methyl sites for hydroxylation is 2. The van der Waals surface area contributed by atoms with E-state index >= 15 is 0 Å². The van der Waals surface area contributed by atoms with Gasteiger partial charge in [-0.15, -0.1) is 0 Å². The number of nitrogens with one attached hydrogen (secondary N) is 1. The SMILES string of the molecule is Cc1cccc(N2CCN(C(=O)c3cc4occc4c(Nc4ccc(C)c(Cl)c4)n3)C[C@H]2C)c1. The minimum absolute atomic E-state index is 0.0981. The first kappa shape index (κ1) is 22.3. The average molecular weight is 475 g/mol. The Hall–Kier alpha value is -3.51. The van der Waals surface area contributed by atoms with Gasteiger partial charge in [-0.2, -0.15) is 0 Å². The van der Waals surface area contributed by atoms with E-state index in [1.54, 1.807) is 12.3 Å². The zero-order chi connectivity index (χ0) is 23.8. The third-order valence-corrected chi connectivity index (χ3v) is 6.76. The Morgan fingerprint density at radius 1 is 1.12 bits per heavy atom. The Bertz CT molecular complexity index is 1370. The van der Waals surface area contributed by atoms with Crippen LogP contribution in [0, 0.1) is 13.8 Å². The van der Waals surface area contributed by atoms with Gasteiger partial charge in [0, 0.05) is 48.1 Å². The lowest BCUT2D eigenvalue weighted by Gasteiger charge is -2.41. The highest BCUT2D eigenvalue weighted by Gasteiger charge is 2.29. The quantitative estimate of drug-likeness (QED) is 0.382. The van der Waals surface area contributed by atoms with E-state index in [2.05, 4.69) is 48.3 Å². The van der Waals surface area contributed by atoms with E-state index in [1.807, 2.05) is 36.1 Å². The number of nitrogens with zero attached hydrogens (tertiary/aromatic N) is 3. The highest BCUT2D eigenvalue weighted by molar-refractivity contribution is 6.31. The summed E-state index contributed by atoms with van der Waals surface area (Å²) in [5, 5.41) is 4.79. The molecule has 1 amide bonds. The zero-order valence-electron chi connectivity index (χ0n) is 19.5. The van der Waals surface area contributed by atoms with Crippen LogP contribution in [0.4, 0.5) is 17.2 Å². The lowest BCUT2D eigenvalue weighted by atomic mass is 10.1. The number of carbonyl (C=O) groups excluding carboxylic acids is 1. The van der Waals surface area contributed by atoms with Crippen LogP contribution in [0.3, 0.4) is 0 Å². The Labute approximate surface area is 204 Å². The lowest BCUT2D eigenvalue weighted by molar-refractivity contribution is 0.0720. The van der Waals surface area contributed by atoms with Crippen molar-refractivity contribution in [3.05, 3.63) is 82.7 Å². The molecule has 6 nitrogen and oxygen atoms in total. The highest BCUT2D eigenvalue weighted by Crippen LogP contribution is 2.29. The van der Waals surface area contributed by atoms with E-state index in [1.165, 1.54) is 11.3 Å². The van der Waals surface area contributed by atoms with Gasteiger partial charge >= 0.3 is 0 Å². The molecule has 4 aromatic rings. The number of fused-ring (bicyclic) bond motifs is 1. The number of hydrogen-bond acceptors (Lipinski definition) is 5. The minimum atomic E-state index is -0.0981. The molecule has 1 aliphatic heterocycles. The summed E-state index contributed by atoms with van der Waals surface area (Å²) >= 11 is 6.30. The monoisotopic (exact) mass is 474 g/mol. The standard InChI is InChI=1S/C27H27ClN4O2/c1-17-5-4-6-21(13-17)32-11-10-31(16-19(32)3)27(33)24-15-25-22(9-12-34-25)26(30-24)29-20-8-7-18(2)23(28)14-20/h4-9,12-15,19H,10-11,16H2,1-3H3,(H,29,30)/t19-/m1/s1. The number of halogens is 1. The van der Waals surface area contributed by atoms with Crippen LogP contribution in [-0.4, -0.2) is 41.5 Å². The fourth-order valence-electron chi connectivity index (χ4n) is 4.47. The van der Waals surface area contributed by atoms with Crippen molar-refractivity contribution in [3.8, 4) is 0 Å². The van der Waals surface area contributed by atoms with Crippen molar-refractivity contribution in [2.45, 2.75) is 26.8 Å². The molecule has 1 N–H and O–H groups in total. The third kappa shape index (κ3) is 4.33. The number of piperazine rings is 1. The molecule has 0 bridgehead atoms. The number of furan rings is 1. The maximum absolute atomic E-state index is 13.5. The molecule has 1 atom stereocenters. The molecular weight excluding hydrogens is 448 g/mol. The van der Waals surface area contributed by atoms with Crippen molar-refractivity contribution in [2.75, 3.05) is 29.9 Å². The van der Waals surface area contributed by atoms with Gasteiger partial charge in [0.2, 0.25) is 0 Å². The van der Waals surface area contributed by atoms with Crippen LogP contribution in [0.5, 0.6) is 0 Å². The summed E-state index contributed by atoms with van der Waals surface area (Å²) in [6, 6.07) is 18.0. The number of pyridine rings is 1. The molecule has 0 radical (unpaired) electrons. The fourth-order valence-corrected chi connectivity index (χ4v) is 4.65. The molecule has 34 heavy (non-hydrogen) atoms. The molecule has 0 aliphatic carbocycles. The van der Waals surface area contributed by atoms with Crippen LogP contribution in [-0.2, 0) is 0 Å². The third-order valence-electron chi connectivity index (χ3n) is 6.35. The summed E-state index contributed by atoms with van der Waals surface area (Å²) in [5.41, 5.74) is 5.20. The highest BCUT2D eigenvalue weighted by atomic mass is 35.5. The summed E-state index contributed by atoms with van der Waals surface area (Å²) in [6.07, 6.45) is 1.61. The van der Waals surface area contributed by atoms with Crippen molar-refractivity contribution in [1.29, 1.82) is 0 Å². The molecule has 5 rings (SSSR count). The van der Waals surface area contributed by atoms with Gasteiger partial charge in [0.25, 0.3) is 5.91 Å². The molecule has 7 heteroatoms. The number of amides is 1. The Kier molecular flexibility index (Phi) is 5.92. The van der Waals surface area contributed by atoms with Gasteiger partial charge in [0.05, 0.1) is 11.6 Å². The summed E-state index contributed by atoms with van der Waals surface area (Å²) < 4.78 is 5.64. The summed E-state index contributed by atoms with van der Waals surface area (Å²) in [6.45, 7) is 8.23. The molecule has 174 valence electrons. The number of carbonyl (C=O) groups is 1. The maximum atomic E-state index is 13.5. The van der Waals surface area contributed by atoms with Crippen molar-refractivity contribution < 1.29 is 9.21 Å². The van der Waals surface area contributed by atoms with Gasteiger partial charge in [-0.25, -0.2) is 4.98 Å². The molecule has 0 saturated carbocycles. The van der Waals surface area contributed by atoms with Crippen LogP contribution in [0.1, 0.15) is 28.5 Å². The Morgan fingerprint density at radius 3 is 2.74 bits per heavy atom. The van der Waals surface area contributed by atoms with Crippen LogP contribution in [0.25, 0.3) is 11.0 Å². The van der Waals surface area contributed by atoms with E-state index in [0.717, 1.165) is 23.2 Å². The number of hydrogen-bond donors (Lipinski definition) is 1. The molecular formula is C27H27ClN4O2. The molecule has 2 aromatic heterocycles. The second kappa shape index (κ2) is 9.03. The van der Waals surface area contributed by atoms with Crippen molar-refractivity contribution >= 4 is 45.7 Å². The summed E-state index contributed by atoms with van der Waals surface area (Å²) in [7, 11) is 0. The van der Waals surface area contributed by atoms with E-state index in [-0.39, 0.29) is 11.9 Å². The van der Waals surface area contributed by atoms with Gasteiger partial charge in [-0.3, -0.25) is 4.79 Å². The predicted octanol–water partition coefficient (Wildman–Crippen LogP) is 6.19. The summed E-state index contributed by atoms with van der Waals surface area (Å²) in [5.74, 6) is 0.472. The Balaban J connectivity index is 1.39. The average Bonchev–Trinajstić information content (AvgIpc) is 3.30. The largest absolute Gasteiger partial charge is 0.464 e. The predicted molar refractivity (Wildman–Crippen MR) is 137 cm³/mol. The fraction of sp³-hybridized carbons (Fsp3) is 0.259. The zero-order valence-corrected chi connectivity index (χ0v) is 20.3. The van der Waals surface area contributed by atoms with Crippen molar-refractivity contribution in [3.63, 3.8) is 0 Å². The first-order valence-electron chi connectivity index (χ1n) is 11.4. The molecule has 1 aliphatic rings. The maximum Gasteiger partial charge on any atom is 0.272 e. The molecule has 1 saturated heterocycles. The summed E-state index contributed by atoms with van der Waals surface area (Å²) in [4.78, 5) is 22.4. The van der Waals surface area contributed by atoms with E-state index in [4.69, 9.17) is 21.0 Å².